The van der Waals surface area contributed by atoms with E-state index >= 15 is 0 Å². The van der Waals surface area contributed by atoms with E-state index in [1.165, 1.54) is 31.2 Å². The van der Waals surface area contributed by atoms with Crippen molar-refractivity contribution >= 4 is 11.8 Å². The van der Waals surface area contributed by atoms with Gasteiger partial charge in [0.25, 0.3) is 0 Å². The van der Waals surface area contributed by atoms with Crippen molar-refractivity contribution in [3.8, 4) is 0 Å². The van der Waals surface area contributed by atoms with Gasteiger partial charge in [-0.15, -0.1) is 0 Å². The summed E-state index contributed by atoms with van der Waals surface area (Å²) >= 11 is 0. The molecule has 1 atom stereocenters. The summed E-state index contributed by atoms with van der Waals surface area (Å²) in [6.45, 7) is 12.9. The van der Waals surface area contributed by atoms with Crippen LogP contribution in [0.2, 0.25) is 0 Å². The minimum atomic E-state index is 0.436. The molecule has 1 aromatic rings. The van der Waals surface area contributed by atoms with Gasteiger partial charge in [0.05, 0.1) is 0 Å². The molecule has 1 aromatic heterocycles. The quantitative estimate of drug-likeness (QED) is 0.395. The van der Waals surface area contributed by atoms with Gasteiger partial charge in [0.15, 0.2) is 5.96 Å². The van der Waals surface area contributed by atoms with Crippen molar-refractivity contribution < 1.29 is 0 Å². The van der Waals surface area contributed by atoms with Gasteiger partial charge in [-0.25, -0.2) is 4.98 Å². The van der Waals surface area contributed by atoms with Crippen LogP contribution >= 0.6 is 0 Å². The number of pyridine rings is 1. The van der Waals surface area contributed by atoms with E-state index in [0.29, 0.717) is 6.04 Å². The fourth-order valence-corrected chi connectivity index (χ4v) is 3.42. The molecule has 27 heavy (non-hydrogen) atoms. The lowest BCUT2D eigenvalue weighted by Crippen LogP contribution is -2.46. The van der Waals surface area contributed by atoms with Gasteiger partial charge in [0.2, 0.25) is 0 Å². The van der Waals surface area contributed by atoms with Crippen LogP contribution in [0, 0.1) is 0 Å². The van der Waals surface area contributed by atoms with Gasteiger partial charge in [-0.2, -0.15) is 0 Å². The van der Waals surface area contributed by atoms with E-state index in [1.54, 1.807) is 0 Å². The lowest BCUT2D eigenvalue weighted by atomic mass is 10.1. The largest absolute Gasteiger partial charge is 0.354 e. The topological polar surface area (TPSA) is 55.8 Å². The summed E-state index contributed by atoms with van der Waals surface area (Å²) in [7, 11) is 1.83. The second-order valence-corrected chi connectivity index (χ2v) is 7.41. The number of nitrogens with zero attached hydrogens (tertiary/aromatic N) is 4. The van der Waals surface area contributed by atoms with Gasteiger partial charge in [-0.3, -0.25) is 4.99 Å². The molecule has 2 rings (SSSR count). The molecule has 1 unspecified atom stereocenters. The lowest BCUT2D eigenvalue weighted by molar-refractivity contribution is 0.270. The molecule has 0 aromatic carbocycles. The molecule has 0 saturated carbocycles. The first-order chi connectivity index (χ1) is 13.2. The van der Waals surface area contributed by atoms with Crippen molar-refractivity contribution in [2.24, 2.45) is 4.99 Å². The summed E-state index contributed by atoms with van der Waals surface area (Å²) in [5, 5.41) is 6.93. The fraction of sp³-hybridized carbons (Fsp3) is 0.714. The predicted molar refractivity (Wildman–Crippen MR) is 116 cm³/mol. The molecule has 1 fully saturated rings. The van der Waals surface area contributed by atoms with Crippen LogP contribution in [0.1, 0.15) is 52.0 Å². The standard InChI is InChI=1S/C21H38N6/c1-5-7-8-9-18(3)25-21(22-4)24-17-19-10-11-23-20(16-19)27-14-12-26(6-2)13-15-27/h10-11,16,18H,5-9,12-15,17H2,1-4H3,(H2,22,24,25). The zero-order valence-corrected chi connectivity index (χ0v) is 17.7. The SMILES string of the molecule is CCCCCC(C)NC(=NC)NCc1ccnc(N2CCN(CC)CC2)c1. The fourth-order valence-electron chi connectivity index (χ4n) is 3.42. The van der Waals surface area contributed by atoms with Crippen LogP contribution in [0.25, 0.3) is 0 Å². The average Bonchev–Trinajstić information content (AvgIpc) is 2.71. The van der Waals surface area contributed by atoms with Gasteiger partial charge >= 0.3 is 0 Å². The number of piperazine rings is 1. The van der Waals surface area contributed by atoms with Gasteiger partial charge in [0, 0.05) is 52.0 Å². The molecule has 1 aliphatic rings. The Balaban J connectivity index is 1.82. The number of hydrogen-bond acceptors (Lipinski definition) is 4. The van der Waals surface area contributed by atoms with E-state index in [2.05, 4.69) is 63.3 Å². The Kier molecular flexibility index (Phi) is 9.39. The second kappa shape index (κ2) is 11.8. The normalized spacial score (nSPS) is 17.0. The third kappa shape index (κ3) is 7.37. The van der Waals surface area contributed by atoms with E-state index in [4.69, 9.17) is 0 Å². The number of rotatable bonds is 9. The third-order valence-corrected chi connectivity index (χ3v) is 5.26. The first kappa shape index (κ1) is 21.5. The van der Waals surface area contributed by atoms with Crippen LogP contribution in [0.5, 0.6) is 0 Å². The number of nitrogens with one attached hydrogen (secondary N) is 2. The first-order valence-electron chi connectivity index (χ1n) is 10.6. The highest BCUT2D eigenvalue weighted by Crippen LogP contribution is 2.15. The Morgan fingerprint density at radius 1 is 1.22 bits per heavy atom. The summed E-state index contributed by atoms with van der Waals surface area (Å²) in [6.07, 6.45) is 6.92. The summed E-state index contributed by atoms with van der Waals surface area (Å²) in [4.78, 5) is 13.8. The second-order valence-electron chi connectivity index (χ2n) is 7.41. The number of hydrogen-bond donors (Lipinski definition) is 2. The van der Waals surface area contributed by atoms with Crippen LogP contribution in [-0.2, 0) is 6.54 Å². The van der Waals surface area contributed by atoms with E-state index < -0.39 is 0 Å². The highest BCUT2D eigenvalue weighted by molar-refractivity contribution is 5.79. The summed E-state index contributed by atoms with van der Waals surface area (Å²) in [6, 6.07) is 4.72. The third-order valence-electron chi connectivity index (χ3n) is 5.26. The molecule has 0 bridgehead atoms. The number of anilines is 1. The Hall–Kier alpha value is -1.82. The zero-order valence-electron chi connectivity index (χ0n) is 17.7. The highest BCUT2D eigenvalue weighted by Gasteiger charge is 2.16. The van der Waals surface area contributed by atoms with Crippen LogP contribution in [0.4, 0.5) is 5.82 Å². The molecule has 6 heteroatoms. The van der Waals surface area contributed by atoms with Crippen molar-refractivity contribution in [3.05, 3.63) is 23.9 Å². The number of likely N-dealkylation sites (N-methyl/N-ethyl adjacent to an activating group) is 1. The summed E-state index contributed by atoms with van der Waals surface area (Å²) < 4.78 is 0. The van der Waals surface area contributed by atoms with Gasteiger partial charge < -0.3 is 20.4 Å². The maximum atomic E-state index is 4.59. The van der Waals surface area contributed by atoms with Crippen LogP contribution in [-0.4, -0.2) is 61.7 Å². The Bertz CT molecular complexity index is 566. The van der Waals surface area contributed by atoms with Crippen LogP contribution < -0.4 is 15.5 Å². The van der Waals surface area contributed by atoms with Crippen molar-refractivity contribution in [3.63, 3.8) is 0 Å². The molecule has 0 amide bonds. The first-order valence-corrected chi connectivity index (χ1v) is 10.6. The van der Waals surface area contributed by atoms with E-state index in [1.807, 2.05) is 13.2 Å². The maximum absolute atomic E-state index is 4.59. The molecule has 0 radical (unpaired) electrons. The Morgan fingerprint density at radius 2 is 2.00 bits per heavy atom. The van der Waals surface area contributed by atoms with Gasteiger partial charge in [-0.05, 0) is 37.6 Å². The maximum Gasteiger partial charge on any atom is 0.191 e. The van der Waals surface area contributed by atoms with E-state index in [0.717, 1.165) is 51.0 Å². The van der Waals surface area contributed by atoms with Crippen molar-refractivity contribution in [1.29, 1.82) is 0 Å². The van der Waals surface area contributed by atoms with E-state index in [9.17, 15) is 0 Å². The average molecular weight is 375 g/mol. The van der Waals surface area contributed by atoms with Crippen molar-refractivity contribution in [2.75, 3.05) is 44.7 Å². The monoisotopic (exact) mass is 374 g/mol. The van der Waals surface area contributed by atoms with Gasteiger partial charge in [0.1, 0.15) is 5.82 Å². The summed E-state index contributed by atoms with van der Waals surface area (Å²) in [5.74, 6) is 1.95. The van der Waals surface area contributed by atoms with Gasteiger partial charge in [-0.1, -0.05) is 33.1 Å². The molecule has 1 aliphatic heterocycles. The number of guanidine groups is 1. The van der Waals surface area contributed by atoms with Crippen molar-refractivity contribution in [2.45, 2.75) is 59.0 Å². The Labute approximate surface area is 165 Å². The van der Waals surface area contributed by atoms with Crippen LogP contribution in [0.3, 0.4) is 0 Å². The van der Waals surface area contributed by atoms with Crippen molar-refractivity contribution in [1.82, 2.24) is 20.5 Å². The molecule has 1 saturated heterocycles. The lowest BCUT2D eigenvalue weighted by Gasteiger charge is -2.34. The molecule has 0 aliphatic carbocycles. The summed E-state index contributed by atoms with van der Waals surface area (Å²) in [5.41, 5.74) is 1.24. The van der Waals surface area contributed by atoms with Crippen LogP contribution in [0.15, 0.2) is 23.3 Å². The number of aromatic nitrogens is 1. The predicted octanol–water partition coefficient (Wildman–Crippen LogP) is 2.86. The molecule has 2 N–H and O–H groups in total. The molecule has 2 heterocycles. The zero-order chi connectivity index (χ0) is 19.5. The number of aliphatic imine (C=N–C) groups is 1. The minimum absolute atomic E-state index is 0.436. The molecule has 6 nitrogen and oxygen atoms in total. The highest BCUT2D eigenvalue weighted by atomic mass is 15.3. The molecular formula is C21H38N6. The molecular weight excluding hydrogens is 336 g/mol. The minimum Gasteiger partial charge on any atom is -0.354 e. The van der Waals surface area contributed by atoms with E-state index in [-0.39, 0.29) is 0 Å². The number of unbranched alkanes of at least 4 members (excludes halogenated alkanes) is 2. The molecule has 152 valence electrons. The molecule has 0 spiro atoms. The smallest absolute Gasteiger partial charge is 0.191 e. The Morgan fingerprint density at radius 3 is 2.67 bits per heavy atom.